The van der Waals surface area contributed by atoms with E-state index in [0.717, 1.165) is 19.2 Å². The summed E-state index contributed by atoms with van der Waals surface area (Å²) in [4.78, 5) is 11.6. The number of nitriles is 1. The molecule has 0 amide bonds. The van der Waals surface area contributed by atoms with Gasteiger partial charge in [0.15, 0.2) is 0 Å². The van der Waals surface area contributed by atoms with Crippen molar-refractivity contribution < 1.29 is 27.4 Å². The molecule has 27 heavy (non-hydrogen) atoms. The molecule has 0 bridgehead atoms. The lowest BCUT2D eigenvalue weighted by Crippen LogP contribution is -2.06. The number of carbonyl (C=O) groups is 1. The molecule has 0 saturated carbocycles. The molecule has 140 valence electrons. The highest BCUT2D eigenvalue weighted by Crippen LogP contribution is 2.30. The van der Waals surface area contributed by atoms with Gasteiger partial charge < -0.3 is 9.47 Å². The van der Waals surface area contributed by atoms with Crippen molar-refractivity contribution in [2.75, 3.05) is 7.11 Å². The van der Waals surface area contributed by atoms with Gasteiger partial charge in [0.05, 0.1) is 12.7 Å². The zero-order valence-corrected chi connectivity index (χ0v) is 14.8. The van der Waals surface area contributed by atoms with Gasteiger partial charge in [0, 0.05) is 10.6 Å². The molecule has 2 aromatic rings. The fourth-order valence-corrected chi connectivity index (χ4v) is 2.34. The summed E-state index contributed by atoms with van der Waals surface area (Å²) < 4.78 is 48.5. The molecule has 0 heterocycles. The highest BCUT2D eigenvalue weighted by molar-refractivity contribution is 6.30. The number of methoxy groups -OCH3 is 1. The highest BCUT2D eigenvalue weighted by atomic mass is 35.5. The first-order valence-corrected chi connectivity index (χ1v) is 7.91. The zero-order chi connectivity index (χ0) is 20.0. The van der Waals surface area contributed by atoms with Gasteiger partial charge in [0.1, 0.15) is 24.0 Å². The van der Waals surface area contributed by atoms with Crippen LogP contribution in [-0.4, -0.2) is 13.1 Å². The predicted molar refractivity (Wildman–Crippen MR) is 92.8 cm³/mol. The Kier molecular flexibility index (Phi) is 6.48. The van der Waals surface area contributed by atoms with Crippen LogP contribution in [0.15, 0.2) is 48.0 Å². The smallest absolute Gasteiger partial charge is 0.416 e. The van der Waals surface area contributed by atoms with Crippen LogP contribution in [0.1, 0.15) is 16.7 Å². The van der Waals surface area contributed by atoms with Crippen LogP contribution in [0.2, 0.25) is 5.02 Å². The van der Waals surface area contributed by atoms with Crippen LogP contribution in [-0.2, 0) is 22.3 Å². The van der Waals surface area contributed by atoms with E-state index in [1.165, 1.54) is 36.4 Å². The van der Waals surface area contributed by atoms with Gasteiger partial charge in [-0.2, -0.15) is 18.4 Å². The Morgan fingerprint density at radius 3 is 2.63 bits per heavy atom. The second kappa shape index (κ2) is 8.60. The van der Waals surface area contributed by atoms with E-state index in [1.54, 1.807) is 6.07 Å². The van der Waals surface area contributed by atoms with Crippen molar-refractivity contribution in [3.8, 4) is 11.8 Å². The summed E-state index contributed by atoms with van der Waals surface area (Å²) in [5.74, 6) is -0.588. The fourth-order valence-electron chi connectivity index (χ4n) is 2.16. The van der Waals surface area contributed by atoms with Gasteiger partial charge in [-0.1, -0.05) is 23.7 Å². The summed E-state index contributed by atoms with van der Waals surface area (Å²) in [7, 11) is 1.14. The first-order valence-electron chi connectivity index (χ1n) is 7.53. The number of halogens is 4. The molecule has 4 nitrogen and oxygen atoms in total. The van der Waals surface area contributed by atoms with E-state index in [4.69, 9.17) is 21.6 Å². The number of alkyl halides is 3. The lowest BCUT2D eigenvalue weighted by atomic mass is 10.1. The molecule has 0 saturated heterocycles. The van der Waals surface area contributed by atoms with Crippen molar-refractivity contribution in [2.24, 2.45) is 0 Å². The zero-order valence-electron chi connectivity index (χ0n) is 14.0. The standard InChI is InChI=1S/C19H13ClF3NO3/c1-26-18(25)14(10-24)8-13-9-16(20)5-6-17(13)27-11-12-3-2-4-15(7-12)19(21,22)23/h2-9H,11H2,1H3. The minimum Gasteiger partial charge on any atom is -0.488 e. The van der Waals surface area contributed by atoms with E-state index in [0.29, 0.717) is 16.1 Å². The predicted octanol–water partition coefficient (Wildman–Crippen LogP) is 5.02. The average Bonchev–Trinajstić information content (AvgIpc) is 2.64. The maximum atomic E-state index is 12.8. The maximum absolute atomic E-state index is 12.8. The molecule has 0 radical (unpaired) electrons. The average molecular weight is 396 g/mol. The molecular formula is C19H13ClF3NO3. The number of hydrogen-bond acceptors (Lipinski definition) is 4. The van der Waals surface area contributed by atoms with Crippen molar-refractivity contribution in [1.29, 1.82) is 5.26 Å². The molecule has 2 aromatic carbocycles. The summed E-state index contributed by atoms with van der Waals surface area (Å²) >= 11 is 5.94. The Bertz CT molecular complexity index is 917. The van der Waals surface area contributed by atoms with Gasteiger partial charge in [-0.15, -0.1) is 0 Å². The van der Waals surface area contributed by atoms with Crippen molar-refractivity contribution in [3.05, 3.63) is 69.8 Å². The molecule has 0 unspecified atom stereocenters. The molecule has 0 N–H and O–H groups in total. The normalized spacial score (nSPS) is 11.6. The monoisotopic (exact) mass is 395 g/mol. The number of nitrogens with zero attached hydrogens (tertiary/aromatic N) is 1. The van der Waals surface area contributed by atoms with Gasteiger partial charge in [0.2, 0.25) is 0 Å². The molecule has 0 atom stereocenters. The molecule has 8 heteroatoms. The van der Waals surface area contributed by atoms with Gasteiger partial charge >= 0.3 is 12.1 Å². The number of benzene rings is 2. The summed E-state index contributed by atoms with van der Waals surface area (Å²) in [6.45, 7) is -0.146. The van der Waals surface area contributed by atoms with Crippen LogP contribution >= 0.6 is 11.6 Å². The van der Waals surface area contributed by atoms with E-state index >= 15 is 0 Å². The van der Waals surface area contributed by atoms with Gasteiger partial charge in [0.25, 0.3) is 0 Å². The van der Waals surface area contributed by atoms with Gasteiger partial charge in [-0.05, 0) is 42.0 Å². The van der Waals surface area contributed by atoms with Crippen LogP contribution in [0.3, 0.4) is 0 Å². The third kappa shape index (κ3) is 5.50. The van der Waals surface area contributed by atoms with E-state index in [-0.39, 0.29) is 17.9 Å². The Balaban J connectivity index is 2.29. The summed E-state index contributed by atoms with van der Waals surface area (Å²) in [5, 5.41) is 9.39. The highest BCUT2D eigenvalue weighted by Gasteiger charge is 2.30. The molecule has 0 aromatic heterocycles. The summed E-state index contributed by atoms with van der Waals surface area (Å²) in [5.41, 5.74) is -0.430. The lowest BCUT2D eigenvalue weighted by Gasteiger charge is -2.12. The van der Waals surface area contributed by atoms with E-state index in [2.05, 4.69) is 4.74 Å². The van der Waals surface area contributed by atoms with Crippen LogP contribution in [0, 0.1) is 11.3 Å². The molecule has 2 rings (SSSR count). The first kappa shape index (κ1) is 20.3. The second-order valence-corrected chi connectivity index (χ2v) is 5.77. The quantitative estimate of drug-likeness (QED) is 0.405. The largest absolute Gasteiger partial charge is 0.488 e. The number of rotatable bonds is 5. The molecule has 0 fully saturated rings. The Morgan fingerprint density at radius 1 is 1.26 bits per heavy atom. The Hall–Kier alpha value is -2.98. The number of esters is 1. The van der Waals surface area contributed by atoms with Crippen molar-refractivity contribution >= 4 is 23.6 Å². The van der Waals surface area contributed by atoms with E-state index in [9.17, 15) is 18.0 Å². The maximum Gasteiger partial charge on any atom is 0.416 e. The third-order valence-electron chi connectivity index (χ3n) is 3.45. The van der Waals surface area contributed by atoms with Crippen LogP contribution < -0.4 is 4.74 Å². The fraction of sp³-hybridized carbons (Fsp3) is 0.158. The topological polar surface area (TPSA) is 59.3 Å². The Morgan fingerprint density at radius 2 is 2.00 bits per heavy atom. The first-order chi connectivity index (χ1) is 12.7. The SMILES string of the molecule is COC(=O)C(C#N)=Cc1cc(Cl)ccc1OCc1cccc(C(F)(F)F)c1. The van der Waals surface area contributed by atoms with Crippen LogP contribution in [0.4, 0.5) is 13.2 Å². The molecule has 0 aliphatic carbocycles. The van der Waals surface area contributed by atoms with E-state index in [1.807, 2.05) is 0 Å². The molecule has 0 spiro atoms. The lowest BCUT2D eigenvalue weighted by molar-refractivity contribution is -0.137. The Labute approximate surface area is 158 Å². The summed E-state index contributed by atoms with van der Waals surface area (Å²) in [6, 6.07) is 10.9. The second-order valence-electron chi connectivity index (χ2n) is 5.33. The van der Waals surface area contributed by atoms with Gasteiger partial charge in [-0.3, -0.25) is 0 Å². The molecule has 0 aliphatic rings. The van der Waals surface area contributed by atoms with Crippen LogP contribution in [0.25, 0.3) is 6.08 Å². The van der Waals surface area contributed by atoms with Crippen molar-refractivity contribution in [2.45, 2.75) is 12.8 Å². The number of ether oxygens (including phenoxy) is 2. The third-order valence-corrected chi connectivity index (χ3v) is 3.68. The minimum atomic E-state index is -4.45. The van der Waals surface area contributed by atoms with Crippen LogP contribution in [0.5, 0.6) is 5.75 Å². The molecule has 0 aliphatic heterocycles. The van der Waals surface area contributed by atoms with Crippen molar-refractivity contribution in [1.82, 2.24) is 0 Å². The van der Waals surface area contributed by atoms with Gasteiger partial charge in [-0.25, -0.2) is 4.79 Å². The summed E-state index contributed by atoms with van der Waals surface area (Å²) in [6.07, 6.45) is -3.22. The molecular weight excluding hydrogens is 383 g/mol. The van der Waals surface area contributed by atoms with Crippen molar-refractivity contribution in [3.63, 3.8) is 0 Å². The van der Waals surface area contributed by atoms with E-state index < -0.39 is 17.7 Å². The number of hydrogen-bond donors (Lipinski definition) is 0. The number of carbonyl (C=O) groups excluding carboxylic acids is 1. The minimum absolute atomic E-state index is 0.146.